The van der Waals surface area contributed by atoms with Gasteiger partial charge in [-0.25, -0.2) is 0 Å². The van der Waals surface area contributed by atoms with Crippen LogP contribution in [0, 0.1) is 11.3 Å². The smallest absolute Gasteiger partial charge is 0.225 e. The molecule has 0 bridgehead atoms. The van der Waals surface area contributed by atoms with Gasteiger partial charge in [0.2, 0.25) is 5.91 Å². The van der Waals surface area contributed by atoms with Gasteiger partial charge in [0.1, 0.15) is 11.8 Å². The molecule has 0 atom stereocenters. The molecule has 2 aliphatic heterocycles. The summed E-state index contributed by atoms with van der Waals surface area (Å²) in [5, 5.41) is 12.0. The number of nitrogens with one attached hydrogen (secondary N) is 1. The van der Waals surface area contributed by atoms with Gasteiger partial charge >= 0.3 is 0 Å². The molecule has 1 fully saturated rings. The third kappa shape index (κ3) is 4.94. The fourth-order valence-electron chi connectivity index (χ4n) is 3.93. The highest BCUT2D eigenvalue weighted by Crippen LogP contribution is 2.26. The Hall–Kier alpha value is -2.88. The summed E-state index contributed by atoms with van der Waals surface area (Å²) < 4.78 is 5.59. The second-order valence-corrected chi connectivity index (χ2v) is 7.61. The first-order valence-corrected chi connectivity index (χ1v) is 10.2. The Labute approximate surface area is 171 Å². The largest absolute Gasteiger partial charge is 0.493 e. The van der Waals surface area contributed by atoms with Crippen molar-refractivity contribution in [1.82, 2.24) is 9.80 Å². The summed E-state index contributed by atoms with van der Waals surface area (Å²) in [7, 11) is 0. The Morgan fingerprint density at radius 3 is 2.72 bits per heavy atom. The van der Waals surface area contributed by atoms with Crippen LogP contribution in [-0.2, 0) is 17.8 Å². The zero-order chi connectivity index (χ0) is 20.1. The molecule has 4 rings (SSSR count). The highest BCUT2D eigenvalue weighted by Gasteiger charge is 2.19. The summed E-state index contributed by atoms with van der Waals surface area (Å²) in [6.45, 7) is 6.45. The number of piperazine rings is 1. The molecule has 29 heavy (non-hydrogen) atoms. The summed E-state index contributed by atoms with van der Waals surface area (Å²) in [5.74, 6) is 0.990. The number of anilines is 1. The van der Waals surface area contributed by atoms with Crippen molar-refractivity contribution in [2.45, 2.75) is 19.4 Å². The number of amides is 1. The molecule has 1 amide bonds. The minimum absolute atomic E-state index is 0.0458. The molecule has 6 nitrogen and oxygen atoms in total. The first kappa shape index (κ1) is 19.4. The third-order valence-corrected chi connectivity index (χ3v) is 5.60. The van der Waals surface area contributed by atoms with Crippen LogP contribution in [0.3, 0.4) is 0 Å². The van der Waals surface area contributed by atoms with Crippen molar-refractivity contribution in [3.8, 4) is 11.8 Å². The number of hydrogen-bond acceptors (Lipinski definition) is 5. The molecule has 1 saturated heterocycles. The van der Waals surface area contributed by atoms with E-state index < -0.39 is 0 Å². The van der Waals surface area contributed by atoms with Crippen LogP contribution in [-0.4, -0.2) is 55.0 Å². The lowest BCUT2D eigenvalue weighted by Crippen LogP contribution is -2.46. The molecule has 0 spiro atoms. The van der Waals surface area contributed by atoms with Gasteiger partial charge in [-0.05, 0) is 29.3 Å². The Morgan fingerprint density at radius 2 is 1.90 bits per heavy atom. The van der Waals surface area contributed by atoms with E-state index in [-0.39, 0.29) is 5.91 Å². The van der Waals surface area contributed by atoms with Crippen LogP contribution in [0.1, 0.15) is 23.1 Å². The van der Waals surface area contributed by atoms with Gasteiger partial charge in [-0.3, -0.25) is 9.69 Å². The van der Waals surface area contributed by atoms with E-state index in [1.165, 1.54) is 11.1 Å². The van der Waals surface area contributed by atoms with Crippen molar-refractivity contribution in [2.75, 3.05) is 44.6 Å². The van der Waals surface area contributed by atoms with Crippen molar-refractivity contribution in [3.05, 3.63) is 59.2 Å². The number of ether oxygens (including phenoxy) is 1. The van der Waals surface area contributed by atoms with E-state index >= 15 is 0 Å². The lowest BCUT2D eigenvalue weighted by molar-refractivity contribution is -0.116. The maximum Gasteiger partial charge on any atom is 0.225 e. The summed E-state index contributed by atoms with van der Waals surface area (Å²) >= 11 is 0. The molecule has 0 radical (unpaired) electrons. The zero-order valence-corrected chi connectivity index (χ0v) is 16.6. The SMILES string of the molecule is N#Cc1ccccc1NC(=O)CCN1CCN(Cc2ccc3c(c2)CCO3)CC1. The quantitative estimate of drug-likeness (QED) is 0.821. The Kier molecular flexibility index (Phi) is 6.09. The van der Waals surface area contributed by atoms with Crippen molar-refractivity contribution in [3.63, 3.8) is 0 Å². The minimum Gasteiger partial charge on any atom is -0.493 e. The van der Waals surface area contributed by atoms with Gasteiger partial charge in [0.15, 0.2) is 0 Å². The summed E-state index contributed by atoms with van der Waals surface area (Å²) in [6.07, 6.45) is 1.45. The number of carbonyl (C=O) groups is 1. The van der Waals surface area contributed by atoms with E-state index in [1.54, 1.807) is 18.2 Å². The highest BCUT2D eigenvalue weighted by atomic mass is 16.5. The maximum atomic E-state index is 12.3. The van der Waals surface area contributed by atoms with Gasteiger partial charge in [-0.15, -0.1) is 0 Å². The van der Waals surface area contributed by atoms with Crippen LogP contribution in [0.5, 0.6) is 5.75 Å². The lowest BCUT2D eigenvalue weighted by atomic mass is 10.1. The predicted molar refractivity (Wildman–Crippen MR) is 112 cm³/mol. The molecule has 2 aromatic carbocycles. The van der Waals surface area contributed by atoms with Gasteiger partial charge in [-0.1, -0.05) is 24.3 Å². The normalized spacial score (nSPS) is 16.7. The second-order valence-electron chi connectivity index (χ2n) is 7.61. The highest BCUT2D eigenvalue weighted by molar-refractivity contribution is 5.92. The predicted octanol–water partition coefficient (Wildman–Crippen LogP) is 2.64. The molecule has 2 heterocycles. The fraction of sp³-hybridized carbons (Fsp3) is 0.391. The molecule has 150 valence electrons. The van der Waals surface area contributed by atoms with Crippen LogP contribution in [0.2, 0.25) is 0 Å². The van der Waals surface area contributed by atoms with Gasteiger partial charge in [0.05, 0.1) is 17.9 Å². The first-order chi connectivity index (χ1) is 14.2. The maximum absolute atomic E-state index is 12.3. The van der Waals surface area contributed by atoms with E-state index in [9.17, 15) is 4.79 Å². The van der Waals surface area contributed by atoms with E-state index in [2.05, 4.69) is 39.4 Å². The number of hydrogen-bond donors (Lipinski definition) is 1. The molecule has 0 aliphatic carbocycles. The molecule has 6 heteroatoms. The summed E-state index contributed by atoms with van der Waals surface area (Å²) in [4.78, 5) is 17.1. The number of rotatable bonds is 6. The van der Waals surface area contributed by atoms with Crippen LogP contribution in [0.15, 0.2) is 42.5 Å². The van der Waals surface area contributed by atoms with Gasteiger partial charge < -0.3 is 15.0 Å². The zero-order valence-electron chi connectivity index (χ0n) is 16.6. The Bertz CT molecular complexity index is 913. The summed E-state index contributed by atoms with van der Waals surface area (Å²) in [6, 6.07) is 15.7. The molecular weight excluding hydrogens is 364 g/mol. The number of nitriles is 1. The molecule has 0 saturated carbocycles. The third-order valence-electron chi connectivity index (χ3n) is 5.60. The molecular formula is C23H26N4O2. The molecule has 0 unspecified atom stereocenters. The van der Waals surface area contributed by atoms with Crippen LogP contribution in [0.25, 0.3) is 0 Å². The second kappa shape index (κ2) is 9.08. The number of carbonyl (C=O) groups excluding carboxylic acids is 1. The van der Waals surface area contributed by atoms with Crippen LogP contribution < -0.4 is 10.1 Å². The van der Waals surface area contributed by atoms with Crippen LogP contribution >= 0.6 is 0 Å². The number of para-hydroxylation sites is 1. The minimum atomic E-state index is -0.0458. The molecule has 2 aromatic rings. The number of benzene rings is 2. The van der Waals surface area contributed by atoms with Crippen molar-refractivity contribution < 1.29 is 9.53 Å². The van der Waals surface area contributed by atoms with E-state index in [0.29, 0.717) is 17.7 Å². The standard InChI is InChI=1S/C23H26N4O2/c24-16-20-3-1-2-4-21(20)25-23(28)7-9-26-10-12-27(13-11-26)17-18-5-6-22-19(15-18)8-14-29-22/h1-6,15H,7-14,17H2,(H,25,28). The first-order valence-electron chi connectivity index (χ1n) is 10.2. The van der Waals surface area contributed by atoms with Gasteiger partial charge in [0.25, 0.3) is 0 Å². The van der Waals surface area contributed by atoms with Crippen LogP contribution in [0.4, 0.5) is 5.69 Å². The summed E-state index contributed by atoms with van der Waals surface area (Å²) in [5.41, 5.74) is 3.75. The van der Waals surface area contributed by atoms with Crippen molar-refractivity contribution >= 4 is 11.6 Å². The molecule has 0 aromatic heterocycles. The topological polar surface area (TPSA) is 68.6 Å². The van der Waals surface area contributed by atoms with E-state index in [0.717, 1.165) is 58.0 Å². The monoisotopic (exact) mass is 390 g/mol. The van der Waals surface area contributed by atoms with E-state index in [4.69, 9.17) is 10.00 Å². The Morgan fingerprint density at radius 1 is 1.10 bits per heavy atom. The fourth-order valence-corrected chi connectivity index (χ4v) is 3.93. The van der Waals surface area contributed by atoms with Gasteiger partial charge in [-0.2, -0.15) is 5.26 Å². The molecule has 2 aliphatic rings. The van der Waals surface area contributed by atoms with Gasteiger partial charge in [0, 0.05) is 52.1 Å². The average molecular weight is 390 g/mol. The Balaban J connectivity index is 1.20. The van der Waals surface area contributed by atoms with E-state index in [1.807, 2.05) is 6.07 Å². The lowest BCUT2D eigenvalue weighted by Gasteiger charge is -2.34. The number of fused-ring (bicyclic) bond motifs is 1. The average Bonchev–Trinajstić information content (AvgIpc) is 3.21. The molecule has 1 N–H and O–H groups in total. The van der Waals surface area contributed by atoms with Crippen molar-refractivity contribution in [2.24, 2.45) is 0 Å². The number of nitrogens with zero attached hydrogens (tertiary/aromatic N) is 3. The van der Waals surface area contributed by atoms with Crippen molar-refractivity contribution in [1.29, 1.82) is 5.26 Å².